The van der Waals surface area contributed by atoms with Crippen molar-refractivity contribution in [2.75, 3.05) is 18.2 Å². The largest absolute Gasteiger partial charge is 0.494 e. The summed E-state index contributed by atoms with van der Waals surface area (Å²) in [5.41, 5.74) is 9.67. The number of fused-ring (bicyclic) bond motifs is 1. The molecule has 5 nitrogen and oxygen atoms in total. The van der Waals surface area contributed by atoms with E-state index in [0.717, 1.165) is 11.1 Å². The van der Waals surface area contributed by atoms with Crippen LogP contribution in [0, 0.1) is 0 Å². The maximum atomic E-state index is 12.3. The Hall–Kier alpha value is -2.53. The standard InChI is InChI=1S/C16H16N2O3/c1-20-15-7-13(17)4-5-14(15)18-16(19)10-2-3-11-8-21-9-12(11)6-10/h2-7H,8-9,17H2,1H3,(H,18,19). The normalized spacial score (nSPS) is 12.8. The maximum Gasteiger partial charge on any atom is 0.255 e. The fraction of sp³-hybridized carbons (Fsp3) is 0.188. The second-order valence-electron chi connectivity index (χ2n) is 4.89. The molecule has 0 saturated carbocycles. The second kappa shape index (κ2) is 5.46. The van der Waals surface area contributed by atoms with Crippen LogP contribution >= 0.6 is 0 Å². The van der Waals surface area contributed by atoms with Crippen LogP contribution in [0.3, 0.4) is 0 Å². The summed E-state index contributed by atoms with van der Waals surface area (Å²) < 4.78 is 10.6. The SMILES string of the molecule is COc1cc(N)ccc1NC(=O)c1ccc2c(c1)COC2. The minimum Gasteiger partial charge on any atom is -0.494 e. The van der Waals surface area contributed by atoms with E-state index in [9.17, 15) is 4.79 Å². The van der Waals surface area contributed by atoms with Gasteiger partial charge in [0.25, 0.3) is 5.91 Å². The molecule has 1 heterocycles. The van der Waals surface area contributed by atoms with Crippen molar-refractivity contribution in [1.82, 2.24) is 0 Å². The molecule has 108 valence electrons. The number of carbonyl (C=O) groups excluding carboxylic acids is 1. The zero-order valence-electron chi connectivity index (χ0n) is 11.7. The second-order valence-corrected chi connectivity index (χ2v) is 4.89. The molecule has 2 aromatic rings. The first-order chi connectivity index (χ1) is 10.2. The maximum absolute atomic E-state index is 12.3. The molecule has 0 fully saturated rings. The Morgan fingerprint density at radius 1 is 1.19 bits per heavy atom. The van der Waals surface area contributed by atoms with Gasteiger partial charge in [-0.2, -0.15) is 0 Å². The van der Waals surface area contributed by atoms with Crippen LogP contribution in [0.2, 0.25) is 0 Å². The van der Waals surface area contributed by atoms with Crippen molar-refractivity contribution in [2.24, 2.45) is 0 Å². The number of anilines is 2. The number of amides is 1. The highest BCUT2D eigenvalue weighted by Gasteiger charge is 2.15. The minimum atomic E-state index is -0.187. The van der Waals surface area contributed by atoms with E-state index >= 15 is 0 Å². The van der Waals surface area contributed by atoms with Gasteiger partial charge in [0.05, 0.1) is 26.0 Å². The number of carbonyl (C=O) groups is 1. The highest BCUT2D eigenvalue weighted by molar-refractivity contribution is 6.05. The Kier molecular flexibility index (Phi) is 3.50. The van der Waals surface area contributed by atoms with Crippen LogP contribution in [0.25, 0.3) is 0 Å². The first kappa shape index (κ1) is 13.5. The van der Waals surface area contributed by atoms with Gasteiger partial charge in [-0.3, -0.25) is 4.79 Å². The van der Waals surface area contributed by atoms with Gasteiger partial charge in [-0.15, -0.1) is 0 Å². The van der Waals surface area contributed by atoms with E-state index in [2.05, 4.69) is 5.32 Å². The summed E-state index contributed by atoms with van der Waals surface area (Å²) >= 11 is 0. The van der Waals surface area contributed by atoms with Gasteiger partial charge in [-0.25, -0.2) is 0 Å². The molecule has 1 amide bonds. The summed E-state index contributed by atoms with van der Waals surface area (Å²) in [5.74, 6) is 0.348. The Balaban J connectivity index is 1.83. The topological polar surface area (TPSA) is 73.6 Å². The Bertz CT molecular complexity index is 698. The zero-order valence-corrected chi connectivity index (χ0v) is 11.7. The van der Waals surface area contributed by atoms with Crippen molar-refractivity contribution >= 4 is 17.3 Å². The summed E-state index contributed by atoms with van der Waals surface area (Å²) in [5, 5.41) is 2.84. The van der Waals surface area contributed by atoms with Gasteiger partial charge >= 0.3 is 0 Å². The summed E-state index contributed by atoms with van der Waals surface area (Å²) in [4.78, 5) is 12.3. The molecule has 0 saturated heterocycles. The van der Waals surface area contributed by atoms with E-state index in [0.29, 0.717) is 35.9 Å². The number of ether oxygens (including phenoxy) is 2. The van der Waals surface area contributed by atoms with E-state index in [1.807, 2.05) is 12.1 Å². The van der Waals surface area contributed by atoms with Crippen LogP contribution in [-0.2, 0) is 18.0 Å². The summed E-state index contributed by atoms with van der Waals surface area (Å²) in [6.45, 7) is 1.17. The number of hydrogen-bond acceptors (Lipinski definition) is 4. The number of nitrogens with one attached hydrogen (secondary N) is 1. The van der Waals surface area contributed by atoms with Crippen molar-refractivity contribution in [1.29, 1.82) is 0 Å². The van der Waals surface area contributed by atoms with E-state index in [4.69, 9.17) is 15.2 Å². The van der Waals surface area contributed by atoms with Crippen LogP contribution in [0.15, 0.2) is 36.4 Å². The third-order valence-corrected chi connectivity index (χ3v) is 3.46. The van der Waals surface area contributed by atoms with E-state index in [1.54, 1.807) is 24.3 Å². The van der Waals surface area contributed by atoms with Crippen molar-refractivity contribution < 1.29 is 14.3 Å². The van der Waals surface area contributed by atoms with Crippen molar-refractivity contribution in [3.63, 3.8) is 0 Å². The van der Waals surface area contributed by atoms with Gasteiger partial charge in [0.1, 0.15) is 5.75 Å². The highest BCUT2D eigenvalue weighted by Crippen LogP contribution is 2.27. The fourth-order valence-corrected chi connectivity index (χ4v) is 2.32. The quantitative estimate of drug-likeness (QED) is 0.850. The van der Waals surface area contributed by atoms with Gasteiger partial charge in [-0.1, -0.05) is 6.07 Å². The van der Waals surface area contributed by atoms with Crippen LogP contribution < -0.4 is 15.8 Å². The fourth-order valence-electron chi connectivity index (χ4n) is 2.32. The van der Waals surface area contributed by atoms with Crippen molar-refractivity contribution in [3.8, 4) is 5.75 Å². The number of benzene rings is 2. The summed E-state index contributed by atoms with van der Waals surface area (Å²) in [6.07, 6.45) is 0. The molecule has 5 heteroatoms. The number of nitrogen functional groups attached to an aromatic ring is 1. The van der Waals surface area contributed by atoms with Gasteiger partial charge in [0, 0.05) is 17.3 Å². The molecule has 3 N–H and O–H groups in total. The Morgan fingerprint density at radius 3 is 2.81 bits per heavy atom. The zero-order chi connectivity index (χ0) is 14.8. The lowest BCUT2D eigenvalue weighted by molar-refractivity contribution is 0.102. The monoisotopic (exact) mass is 284 g/mol. The Morgan fingerprint density at radius 2 is 2.00 bits per heavy atom. The molecule has 0 radical (unpaired) electrons. The number of methoxy groups -OCH3 is 1. The molecular weight excluding hydrogens is 268 g/mol. The smallest absolute Gasteiger partial charge is 0.255 e. The van der Waals surface area contributed by atoms with E-state index in [-0.39, 0.29) is 5.91 Å². The van der Waals surface area contributed by atoms with Crippen LogP contribution in [0.1, 0.15) is 21.5 Å². The third-order valence-electron chi connectivity index (χ3n) is 3.46. The molecule has 1 aliphatic rings. The lowest BCUT2D eigenvalue weighted by Gasteiger charge is -2.11. The molecule has 3 rings (SSSR count). The first-order valence-corrected chi connectivity index (χ1v) is 6.62. The van der Waals surface area contributed by atoms with Crippen LogP contribution in [0.4, 0.5) is 11.4 Å². The van der Waals surface area contributed by atoms with Gasteiger partial charge < -0.3 is 20.5 Å². The molecule has 0 bridgehead atoms. The molecule has 0 atom stereocenters. The van der Waals surface area contributed by atoms with Crippen LogP contribution in [0.5, 0.6) is 5.75 Å². The lowest BCUT2D eigenvalue weighted by atomic mass is 10.1. The van der Waals surface area contributed by atoms with Crippen LogP contribution in [-0.4, -0.2) is 13.0 Å². The summed E-state index contributed by atoms with van der Waals surface area (Å²) in [6, 6.07) is 10.7. The predicted molar refractivity (Wildman–Crippen MR) is 80.3 cm³/mol. The minimum absolute atomic E-state index is 0.187. The number of hydrogen-bond donors (Lipinski definition) is 2. The Labute approximate surface area is 122 Å². The molecule has 0 aliphatic carbocycles. The van der Waals surface area contributed by atoms with Gasteiger partial charge in [0.2, 0.25) is 0 Å². The predicted octanol–water partition coefficient (Wildman–Crippen LogP) is 2.56. The molecule has 2 aromatic carbocycles. The molecule has 0 spiro atoms. The lowest BCUT2D eigenvalue weighted by Crippen LogP contribution is -2.13. The van der Waals surface area contributed by atoms with Crippen molar-refractivity contribution in [2.45, 2.75) is 13.2 Å². The van der Waals surface area contributed by atoms with E-state index in [1.165, 1.54) is 7.11 Å². The van der Waals surface area contributed by atoms with Crippen molar-refractivity contribution in [3.05, 3.63) is 53.1 Å². The average Bonchev–Trinajstić information content (AvgIpc) is 2.96. The number of nitrogens with two attached hydrogens (primary N) is 1. The number of rotatable bonds is 3. The summed E-state index contributed by atoms with van der Waals surface area (Å²) in [7, 11) is 1.54. The van der Waals surface area contributed by atoms with Gasteiger partial charge in [-0.05, 0) is 35.4 Å². The molecular formula is C16H16N2O3. The molecule has 21 heavy (non-hydrogen) atoms. The molecule has 0 aromatic heterocycles. The molecule has 1 aliphatic heterocycles. The first-order valence-electron chi connectivity index (χ1n) is 6.62. The van der Waals surface area contributed by atoms with Gasteiger partial charge in [0.15, 0.2) is 0 Å². The average molecular weight is 284 g/mol. The third kappa shape index (κ3) is 2.68. The molecule has 0 unspecified atom stereocenters. The van der Waals surface area contributed by atoms with E-state index < -0.39 is 0 Å². The highest BCUT2D eigenvalue weighted by atomic mass is 16.5.